The summed E-state index contributed by atoms with van der Waals surface area (Å²) in [6.45, 7) is 7.97. The number of hydrogen-bond donors (Lipinski definition) is 1. The third kappa shape index (κ3) is 3.53. The molecule has 16 heavy (non-hydrogen) atoms. The molecule has 90 valence electrons. The molecular formula is C14H23NO. The highest BCUT2D eigenvalue weighted by atomic mass is 16.5. The van der Waals surface area contributed by atoms with Gasteiger partial charge in [0.25, 0.3) is 0 Å². The molecule has 0 spiro atoms. The SMILES string of the molecule is CCCOc1cc(C)c(CCCN)c(C)c1. The monoisotopic (exact) mass is 221 g/mol. The third-order valence-electron chi connectivity index (χ3n) is 2.77. The molecule has 0 aliphatic carbocycles. The van der Waals surface area contributed by atoms with Crippen LogP contribution in [0.5, 0.6) is 5.75 Å². The van der Waals surface area contributed by atoms with Gasteiger partial charge in [0.15, 0.2) is 0 Å². The first-order valence-electron chi connectivity index (χ1n) is 6.12. The molecule has 0 bridgehead atoms. The Balaban J connectivity index is 2.80. The minimum atomic E-state index is 0.757. The molecule has 0 radical (unpaired) electrons. The van der Waals surface area contributed by atoms with Crippen LogP contribution >= 0.6 is 0 Å². The largest absolute Gasteiger partial charge is 0.494 e. The number of benzene rings is 1. The Morgan fingerprint density at radius 3 is 2.31 bits per heavy atom. The van der Waals surface area contributed by atoms with Gasteiger partial charge in [-0.3, -0.25) is 0 Å². The Bertz CT molecular complexity index is 311. The lowest BCUT2D eigenvalue weighted by atomic mass is 9.98. The van der Waals surface area contributed by atoms with E-state index in [1.165, 1.54) is 16.7 Å². The van der Waals surface area contributed by atoms with Gasteiger partial charge in [-0.15, -0.1) is 0 Å². The third-order valence-corrected chi connectivity index (χ3v) is 2.77. The van der Waals surface area contributed by atoms with Crippen LogP contribution in [-0.2, 0) is 6.42 Å². The summed E-state index contributed by atoms with van der Waals surface area (Å²) >= 11 is 0. The van der Waals surface area contributed by atoms with E-state index in [0.29, 0.717) is 0 Å². The fourth-order valence-corrected chi connectivity index (χ4v) is 1.93. The van der Waals surface area contributed by atoms with Crippen LogP contribution in [0.1, 0.15) is 36.5 Å². The van der Waals surface area contributed by atoms with Crippen molar-refractivity contribution in [3.05, 3.63) is 28.8 Å². The van der Waals surface area contributed by atoms with Crippen LogP contribution in [0.2, 0.25) is 0 Å². The zero-order valence-corrected chi connectivity index (χ0v) is 10.7. The Labute approximate surface area is 98.8 Å². The van der Waals surface area contributed by atoms with Gasteiger partial charge >= 0.3 is 0 Å². The summed E-state index contributed by atoms with van der Waals surface area (Å²) in [4.78, 5) is 0. The Hall–Kier alpha value is -1.02. The van der Waals surface area contributed by atoms with Crippen LogP contribution < -0.4 is 10.5 Å². The Kier molecular flexibility index (Phi) is 5.33. The molecule has 1 aromatic carbocycles. The zero-order chi connectivity index (χ0) is 12.0. The second-order valence-corrected chi connectivity index (χ2v) is 4.28. The van der Waals surface area contributed by atoms with E-state index < -0.39 is 0 Å². The van der Waals surface area contributed by atoms with E-state index in [-0.39, 0.29) is 0 Å². The van der Waals surface area contributed by atoms with E-state index in [0.717, 1.165) is 38.2 Å². The maximum atomic E-state index is 5.65. The first-order valence-corrected chi connectivity index (χ1v) is 6.12. The highest BCUT2D eigenvalue weighted by Gasteiger charge is 2.05. The van der Waals surface area contributed by atoms with Crippen molar-refractivity contribution in [3.63, 3.8) is 0 Å². The van der Waals surface area contributed by atoms with E-state index in [1.807, 2.05) is 0 Å². The summed E-state index contributed by atoms with van der Waals surface area (Å²) in [5, 5.41) is 0. The average Bonchev–Trinajstić information content (AvgIpc) is 2.25. The minimum Gasteiger partial charge on any atom is -0.494 e. The molecule has 2 nitrogen and oxygen atoms in total. The summed E-state index contributed by atoms with van der Waals surface area (Å²) in [6, 6.07) is 4.27. The van der Waals surface area contributed by atoms with Gasteiger partial charge in [-0.1, -0.05) is 6.92 Å². The van der Waals surface area contributed by atoms with E-state index in [2.05, 4.69) is 32.9 Å². The van der Waals surface area contributed by atoms with Crippen molar-refractivity contribution in [2.75, 3.05) is 13.2 Å². The molecule has 0 aliphatic rings. The highest BCUT2D eigenvalue weighted by Crippen LogP contribution is 2.23. The number of hydrogen-bond acceptors (Lipinski definition) is 2. The van der Waals surface area contributed by atoms with Crippen LogP contribution in [0.25, 0.3) is 0 Å². The van der Waals surface area contributed by atoms with Crippen molar-refractivity contribution in [1.82, 2.24) is 0 Å². The summed E-state index contributed by atoms with van der Waals surface area (Å²) in [5.74, 6) is 0.994. The molecule has 0 atom stereocenters. The molecule has 2 N–H and O–H groups in total. The smallest absolute Gasteiger partial charge is 0.119 e. The molecule has 0 saturated heterocycles. The molecule has 0 fully saturated rings. The van der Waals surface area contributed by atoms with Gasteiger partial charge in [0.05, 0.1) is 6.61 Å². The van der Waals surface area contributed by atoms with Gasteiger partial charge in [0.2, 0.25) is 0 Å². The maximum Gasteiger partial charge on any atom is 0.119 e. The van der Waals surface area contributed by atoms with E-state index in [9.17, 15) is 0 Å². The fourth-order valence-electron chi connectivity index (χ4n) is 1.93. The lowest BCUT2D eigenvalue weighted by Crippen LogP contribution is -2.03. The molecule has 1 rings (SSSR count). The predicted molar refractivity (Wildman–Crippen MR) is 69.1 cm³/mol. The van der Waals surface area contributed by atoms with Crippen molar-refractivity contribution < 1.29 is 4.74 Å². The molecule has 1 aromatic rings. The first kappa shape index (κ1) is 13.0. The lowest BCUT2D eigenvalue weighted by Gasteiger charge is -2.13. The normalized spacial score (nSPS) is 10.5. The van der Waals surface area contributed by atoms with Gasteiger partial charge < -0.3 is 10.5 Å². The van der Waals surface area contributed by atoms with Crippen LogP contribution in [0.3, 0.4) is 0 Å². The molecule has 0 saturated carbocycles. The van der Waals surface area contributed by atoms with Gasteiger partial charge in [0, 0.05) is 0 Å². The van der Waals surface area contributed by atoms with Gasteiger partial charge in [-0.05, 0) is 68.5 Å². The highest BCUT2D eigenvalue weighted by molar-refractivity contribution is 5.41. The van der Waals surface area contributed by atoms with E-state index >= 15 is 0 Å². The topological polar surface area (TPSA) is 35.2 Å². The quantitative estimate of drug-likeness (QED) is 0.801. The molecule has 0 heterocycles. The number of nitrogens with two attached hydrogens (primary N) is 1. The van der Waals surface area contributed by atoms with E-state index in [1.54, 1.807) is 0 Å². The zero-order valence-electron chi connectivity index (χ0n) is 10.7. The number of rotatable bonds is 6. The molecule has 0 unspecified atom stereocenters. The maximum absolute atomic E-state index is 5.65. The van der Waals surface area contributed by atoms with Gasteiger partial charge in [-0.25, -0.2) is 0 Å². The Morgan fingerprint density at radius 1 is 1.19 bits per heavy atom. The number of ether oxygens (including phenoxy) is 1. The molecule has 0 amide bonds. The summed E-state index contributed by atoms with van der Waals surface area (Å²) in [5.41, 5.74) is 9.61. The summed E-state index contributed by atoms with van der Waals surface area (Å²) in [6.07, 6.45) is 3.17. The average molecular weight is 221 g/mol. The Morgan fingerprint density at radius 2 is 1.81 bits per heavy atom. The molecule has 2 heteroatoms. The van der Waals surface area contributed by atoms with E-state index in [4.69, 9.17) is 10.5 Å². The van der Waals surface area contributed by atoms with Crippen LogP contribution in [0.4, 0.5) is 0 Å². The predicted octanol–water partition coefficient (Wildman–Crippen LogP) is 2.98. The van der Waals surface area contributed by atoms with Crippen molar-refractivity contribution in [2.24, 2.45) is 5.73 Å². The lowest BCUT2D eigenvalue weighted by molar-refractivity contribution is 0.317. The summed E-state index contributed by atoms with van der Waals surface area (Å²) in [7, 11) is 0. The van der Waals surface area contributed by atoms with Crippen LogP contribution in [0, 0.1) is 13.8 Å². The molecular weight excluding hydrogens is 198 g/mol. The van der Waals surface area contributed by atoms with Gasteiger partial charge in [0.1, 0.15) is 5.75 Å². The molecule has 0 aromatic heterocycles. The minimum absolute atomic E-state index is 0.757. The first-order chi connectivity index (χ1) is 7.69. The van der Waals surface area contributed by atoms with Crippen molar-refractivity contribution in [2.45, 2.75) is 40.0 Å². The van der Waals surface area contributed by atoms with Crippen molar-refractivity contribution >= 4 is 0 Å². The summed E-state index contributed by atoms with van der Waals surface area (Å²) < 4.78 is 5.65. The number of aryl methyl sites for hydroxylation is 2. The van der Waals surface area contributed by atoms with Crippen molar-refractivity contribution in [3.8, 4) is 5.75 Å². The fraction of sp³-hybridized carbons (Fsp3) is 0.571. The molecule has 0 aliphatic heterocycles. The van der Waals surface area contributed by atoms with Crippen LogP contribution in [0.15, 0.2) is 12.1 Å². The second kappa shape index (κ2) is 6.54. The van der Waals surface area contributed by atoms with Gasteiger partial charge in [-0.2, -0.15) is 0 Å². The second-order valence-electron chi connectivity index (χ2n) is 4.28. The van der Waals surface area contributed by atoms with Crippen molar-refractivity contribution in [1.29, 1.82) is 0 Å². The standard InChI is InChI=1S/C14H23NO/c1-4-8-16-13-9-11(2)14(6-5-7-15)12(3)10-13/h9-10H,4-8,15H2,1-3H3. The van der Waals surface area contributed by atoms with Crippen LogP contribution in [-0.4, -0.2) is 13.2 Å².